The normalized spacial score (nSPS) is 12.9. The van der Waals surface area contributed by atoms with Crippen LogP contribution in [-0.2, 0) is 4.79 Å². The summed E-state index contributed by atoms with van der Waals surface area (Å²) in [6, 6.07) is 16.7. The molecule has 0 fully saturated rings. The number of amides is 2. The zero-order valence-corrected chi connectivity index (χ0v) is 18.8. The molecule has 0 saturated heterocycles. The molecule has 6 nitrogen and oxygen atoms in total. The molecule has 0 spiro atoms. The topological polar surface area (TPSA) is 74.0 Å². The number of urea groups is 1. The Labute approximate surface area is 179 Å². The summed E-state index contributed by atoms with van der Waals surface area (Å²) in [7, 11) is -2.19. The minimum Gasteiger partial charge on any atom is -0.431 e. The first-order valence-corrected chi connectivity index (χ1v) is 11.4. The first-order valence-electron chi connectivity index (χ1n) is 8.08. The quantitative estimate of drug-likeness (QED) is 0.365. The summed E-state index contributed by atoms with van der Waals surface area (Å²) in [5, 5.41) is 0. The Morgan fingerprint density at radius 2 is 1.54 bits per heavy atom. The van der Waals surface area contributed by atoms with Crippen LogP contribution in [0.4, 0.5) is 16.2 Å². The van der Waals surface area contributed by atoms with Crippen molar-refractivity contribution in [3.05, 3.63) is 75.9 Å². The Bertz CT molecular complexity index is 965. The van der Waals surface area contributed by atoms with Gasteiger partial charge in [-0.3, -0.25) is 9.69 Å². The smallest absolute Gasteiger partial charge is 0.379 e. The van der Waals surface area contributed by atoms with E-state index in [0.717, 1.165) is 13.6 Å². The second-order valence-electron chi connectivity index (χ2n) is 5.81. The maximum atomic E-state index is 13.4. The highest BCUT2D eigenvalue weighted by atomic mass is 79.9. The Balaban J connectivity index is 2.10. The average molecular weight is 527 g/mol. The molecule has 1 unspecified atom stereocenters. The van der Waals surface area contributed by atoms with Gasteiger partial charge in [0.25, 0.3) is 0 Å². The molecular weight excluding hydrogens is 511 g/mol. The Kier molecular flexibility index (Phi) is 6.35. The number of nitrogens with zero attached hydrogens (tertiary/aromatic N) is 2. The molecule has 2 aromatic carbocycles. The fraction of sp³-hybridized carbons (Fsp3) is 0.0526. The van der Waals surface area contributed by atoms with E-state index in [1.807, 2.05) is 0 Å². The molecule has 0 bridgehead atoms. The monoisotopic (exact) mass is 525 g/mol. The van der Waals surface area contributed by atoms with Crippen LogP contribution in [-0.4, -0.2) is 24.0 Å². The molecule has 1 N–H and O–H groups in total. The Hall–Kier alpha value is -1.99. The maximum Gasteiger partial charge on any atom is 0.379 e. The van der Waals surface area contributed by atoms with E-state index in [0.29, 0.717) is 17.4 Å². The van der Waals surface area contributed by atoms with Crippen molar-refractivity contribution in [3.63, 3.8) is 0 Å². The number of furan rings is 1. The van der Waals surface area contributed by atoms with Crippen LogP contribution in [0.3, 0.4) is 0 Å². The molecule has 1 aromatic heterocycles. The number of halogens is 2. The summed E-state index contributed by atoms with van der Waals surface area (Å²) in [4.78, 5) is 38.1. The van der Waals surface area contributed by atoms with Crippen molar-refractivity contribution >= 4 is 68.4 Å². The van der Waals surface area contributed by atoms with Crippen LogP contribution < -0.4 is 15.1 Å². The molecule has 3 rings (SSSR count). The van der Waals surface area contributed by atoms with Crippen LogP contribution in [0.2, 0.25) is 0 Å². The second-order valence-corrected chi connectivity index (χ2v) is 9.99. The SMILES string of the molecule is CN(C(=O)N(c1ccc(Br)cc1)[P+](O)(C=O)c1ccco1)c1ccc(Br)cc1. The fourth-order valence-corrected chi connectivity index (χ4v) is 4.90. The van der Waals surface area contributed by atoms with Gasteiger partial charge in [-0.2, -0.15) is 0 Å². The van der Waals surface area contributed by atoms with E-state index in [4.69, 9.17) is 4.42 Å². The number of benzene rings is 2. The summed E-state index contributed by atoms with van der Waals surface area (Å²) < 4.78 is 8.08. The van der Waals surface area contributed by atoms with Crippen molar-refractivity contribution in [2.45, 2.75) is 0 Å². The van der Waals surface area contributed by atoms with E-state index in [1.54, 1.807) is 61.6 Å². The van der Waals surface area contributed by atoms with Gasteiger partial charge in [0, 0.05) is 27.7 Å². The van der Waals surface area contributed by atoms with E-state index in [9.17, 15) is 14.5 Å². The number of rotatable bonds is 5. The van der Waals surface area contributed by atoms with Crippen molar-refractivity contribution in [1.29, 1.82) is 0 Å². The third-order valence-corrected chi connectivity index (χ3v) is 7.30. The molecule has 0 saturated carbocycles. The summed E-state index contributed by atoms with van der Waals surface area (Å²) in [6.45, 7) is 0. The average Bonchev–Trinajstić information content (AvgIpc) is 3.25. The molecule has 144 valence electrons. The maximum absolute atomic E-state index is 13.4. The molecule has 3 aromatic rings. The first-order chi connectivity index (χ1) is 13.4. The number of carbonyl (C=O) groups excluding carboxylic acids is 2. The largest absolute Gasteiger partial charge is 0.431 e. The lowest BCUT2D eigenvalue weighted by Gasteiger charge is -2.29. The lowest BCUT2D eigenvalue weighted by atomic mass is 10.3. The molecule has 2 amide bonds. The van der Waals surface area contributed by atoms with Crippen molar-refractivity contribution in [2.75, 3.05) is 16.6 Å². The zero-order chi connectivity index (χ0) is 20.3. The van der Waals surface area contributed by atoms with E-state index in [2.05, 4.69) is 31.9 Å². The van der Waals surface area contributed by atoms with Crippen LogP contribution in [0.15, 0.2) is 80.3 Å². The van der Waals surface area contributed by atoms with Gasteiger partial charge in [0.15, 0.2) is 0 Å². The molecule has 0 aliphatic carbocycles. The van der Waals surface area contributed by atoms with E-state index in [-0.39, 0.29) is 5.50 Å². The van der Waals surface area contributed by atoms with Crippen molar-refractivity contribution in [1.82, 2.24) is 0 Å². The molecule has 0 aliphatic heterocycles. The highest BCUT2D eigenvalue weighted by molar-refractivity contribution is 9.10. The van der Waals surface area contributed by atoms with Gasteiger partial charge in [-0.05, 0) is 54.6 Å². The van der Waals surface area contributed by atoms with Crippen molar-refractivity contribution in [2.24, 2.45) is 0 Å². The third kappa shape index (κ3) is 4.05. The summed E-state index contributed by atoms with van der Waals surface area (Å²) >= 11 is 6.71. The molecule has 0 radical (unpaired) electrons. The van der Waals surface area contributed by atoms with Gasteiger partial charge in [0.2, 0.25) is 0 Å². The van der Waals surface area contributed by atoms with Gasteiger partial charge in [-0.15, -0.1) is 4.67 Å². The van der Waals surface area contributed by atoms with Crippen LogP contribution in [0.5, 0.6) is 0 Å². The van der Waals surface area contributed by atoms with Gasteiger partial charge < -0.3 is 4.42 Å². The Morgan fingerprint density at radius 3 is 2.00 bits per heavy atom. The van der Waals surface area contributed by atoms with E-state index in [1.165, 1.54) is 17.2 Å². The van der Waals surface area contributed by atoms with Crippen LogP contribution in [0.1, 0.15) is 0 Å². The lowest BCUT2D eigenvalue weighted by molar-refractivity contribution is 0.255. The Morgan fingerprint density at radius 1 is 1.00 bits per heavy atom. The molecule has 28 heavy (non-hydrogen) atoms. The minimum absolute atomic E-state index is 0.0444. The standard InChI is InChI=1S/C19H16Br2N2O4P/c1-22(16-8-4-14(20)5-9-16)19(25)23(17-10-6-15(21)7-11-17)28(26,13-24)18-3-2-12-27-18/h2-13,26H,1H3/q+1. The second kappa shape index (κ2) is 8.57. The fourth-order valence-electron chi connectivity index (χ4n) is 2.57. The molecule has 1 atom stereocenters. The number of carbonyl (C=O) groups is 2. The molecule has 0 aliphatic rings. The van der Waals surface area contributed by atoms with Gasteiger partial charge in [-0.25, -0.2) is 9.69 Å². The predicted octanol–water partition coefficient (Wildman–Crippen LogP) is 5.22. The lowest BCUT2D eigenvalue weighted by Crippen LogP contribution is -2.44. The van der Waals surface area contributed by atoms with Gasteiger partial charge in [-0.1, -0.05) is 31.9 Å². The van der Waals surface area contributed by atoms with Crippen LogP contribution in [0.25, 0.3) is 0 Å². The van der Waals surface area contributed by atoms with Gasteiger partial charge >= 0.3 is 25.2 Å². The van der Waals surface area contributed by atoms with Crippen molar-refractivity contribution < 1.29 is 18.9 Å². The molecule has 9 heteroatoms. The minimum atomic E-state index is -3.77. The number of hydrogen-bond acceptors (Lipinski definition) is 4. The van der Waals surface area contributed by atoms with Gasteiger partial charge in [0.05, 0.1) is 12.0 Å². The highest BCUT2D eigenvalue weighted by Gasteiger charge is 2.54. The summed E-state index contributed by atoms with van der Waals surface area (Å²) in [6.07, 6.45) is 1.35. The highest BCUT2D eigenvalue weighted by Crippen LogP contribution is 2.56. The summed E-state index contributed by atoms with van der Waals surface area (Å²) in [5.74, 6) is 0. The third-order valence-electron chi connectivity index (χ3n) is 4.04. The van der Waals surface area contributed by atoms with E-state index >= 15 is 0 Å². The number of hydrogen-bond donors (Lipinski definition) is 1. The number of anilines is 2. The van der Waals surface area contributed by atoms with E-state index < -0.39 is 13.7 Å². The zero-order valence-electron chi connectivity index (χ0n) is 14.7. The van der Waals surface area contributed by atoms with Crippen LogP contribution in [0, 0.1) is 0 Å². The molecule has 1 heterocycles. The van der Waals surface area contributed by atoms with Crippen molar-refractivity contribution in [3.8, 4) is 0 Å². The summed E-state index contributed by atoms with van der Waals surface area (Å²) in [5.41, 5.74) is 1.02. The van der Waals surface area contributed by atoms with Crippen LogP contribution >= 0.6 is 39.5 Å². The predicted molar refractivity (Wildman–Crippen MR) is 119 cm³/mol. The van der Waals surface area contributed by atoms with Gasteiger partial charge in [0.1, 0.15) is 0 Å². The molecular formula is C19H16Br2N2O4P+. The first kappa shape index (κ1) is 20.7.